The summed E-state index contributed by atoms with van der Waals surface area (Å²) >= 11 is 0. The Morgan fingerprint density at radius 3 is 2.76 bits per heavy atom. The molecule has 0 bridgehead atoms. The fourth-order valence-corrected chi connectivity index (χ4v) is 3.51. The van der Waals surface area contributed by atoms with E-state index >= 15 is 0 Å². The molecular formula is C18H25N5O2. The highest BCUT2D eigenvalue weighted by Crippen LogP contribution is 2.21. The zero-order chi connectivity index (χ0) is 17.6. The van der Waals surface area contributed by atoms with E-state index in [1.807, 2.05) is 24.3 Å². The van der Waals surface area contributed by atoms with Gasteiger partial charge in [-0.15, -0.1) is 0 Å². The molecular weight excluding hydrogens is 318 g/mol. The average Bonchev–Trinajstić information content (AvgIpc) is 3.32. The SMILES string of the molecule is NN=Cc1ccc(CNC(=O)[C@@H]2CCCN2C(=O)[C@@H]2CCCN2)cc1. The number of nitrogens with zero attached hydrogens (tertiary/aromatic N) is 2. The van der Waals surface area contributed by atoms with E-state index in [1.165, 1.54) is 0 Å². The predicted octanol–water partition coefficient (Wildman–Crippen LogP) is 0.338. The zero-order valence-electron chi connectivity index (χ0n) is 14.3. The van der Waals surface area contributed by atoms with Crippen LogP contribution in [-0.4, -0.2) is 48.1 Å². The van der Waals surface area contributed by atoms with Gasteiger partial charge in [0.05, 0.1) is 12.3 Å². The Labute approximate surface area is 147 Å². The summed E-state index contributed by atoms with van der Waals surface area (Å²) in [5.41, 5.74) is 1.91. The summed E-state index contributed by atoms with van der Waals surface area (Å²) in [6.07, 6.45) is 5.06. The maximum absolute atomic E-state index is 12.6. The fourth-order valence-electron chi connectivity index (χ4n) is 3.51. The molecule has 134 valence electrons. The van der Waals surface area contributed by atoms with Crippen LogP contribution in [-0.2, 0) is 16.1 Å². The van der Waals surface area contributed by atoms with Gasteiger partial charge in [-0.3, -0.25) is 9.59 Å². The van der Waals surface area contributed by atoms with Crippen molar-refractivity contribution in [2.24, 2.45) is 10.9 Å². The highest BCUT2D eigenvalue weighted by atomic mass is 16.2. The quantitative estimate of drug-likeness (QED) is 0.408. The molecule has 1 aromatic rings. The third kappa shape index (κ3) is 4.17. The van der Waals surface area contributed by atoms with Crippen molar-refractivity contribution >= 4 is 18.0 Å². The fraction of sp³-hybridized carbons (Fsp3) is 0.500. The first-order valence-corrected chi connectivity index (χ1v) is 8.83. The lowest BCUT2D eigenvalue weighted by atomic mass is 10.1. The summed E-state index contributed by atoms with van der Waals surface area (Å²) in [5.74, 6) is 5.12. The van der Waals surface area contributed by atoms with Crippen LogP contribution < -0.4 is 16.5 Å². The van der Waals surface area contributed by atoms with Gasteiger partial charge in [0.25, 0.3) is 0 Å². The van der Waals surface area contributed by atoms with Crippen LogP contribution in [0.1, 0.15) is 36.8 Å². The Morgan fingerprint density at radius 1 is 1.28 bits per heavy atom. The van der Waals surface area contributed by atoms with Gasteiger partial charge in [-0.1, -0.05) is 24.3 Å². The van der Waals surface area contributed by atoms with Gasteiger partial charge in [-0.2, -0.15) is 5.10 Å². The van der Waals surface area contributed by atoms with Crippen molar-refractivity contribution in [3.8, 4) is 0 Å². The van der Waals surface area contributed by atoms with Gasteiger partial charge in [0, 0.05) is 13.1 Å². The Morgan fingerprint density at radius 2 is 2.08 bits per heavy atom. The molecule has 7 heteroatoms. The lowest BCUT2D eigenvalue weighted by Crippen LogP contribution is -2.50. The van der Waals surface area contributed by atoms with E-state index in [0.717, 1.165) is 43.4 Å². The molecule has 0 saturated carbocycles. The Bertz CT molecular complexity index is 637. The second-order valence-electron chi connectivity index (χ2n) is 6.58. The van der Waals surface area contributed by atoms with E-state index in [0.29, 0.717) is 13.1 Å². The van der Waals surface area contributed by atoms with Crippen LogP contribution in [0.2, 0.25) is 0 Å². The van der Waals surface area contributed by atoms with E-state index < -0.39 is 0 Å². The van der Waals surface area contributed by atoms with Crippen LogP contribution in [0.4, 0.5) is 0 Å². The molecule has 0 aliphatic carbocycles. The molecule has 2 aliphatic rings. The molecule has 0 radical (unpaired) electrons. The lowest BCUT2D eigenvalue weighted by molar-refractivity contribution is -0.139. The maximum Gasteiger partial charge on any atom is 0.243 e. The Hall–Kier alpha value is -2.41. The van der Waals surface area contributed by atoms with Gasteiger partial charge in [0.2, 0.25) is 11.8 Å². The minimum absolute atomic E-state index is 0.0700. The van der Waals surface area contributed by atoms with Gasteiger partial charge in [-0.25, -0.2) is 0 Å². The summed E-state index contributed by atoms with van der Waals surface area (Å²) < 4.78 is 0. The first kappa shape index (κ1) is 17.4. The van der Waals surface area contributed by atoms with Crippen molar-refractivity contribution in [1.82, 2.24) is 15.5 Å². The number of hydrogen-bond donors (Lipinski definition) is 3. The van der Waals surface area contributed by atoms with E-state index in [-0.39, 0.29) is 23.9 Å². The van der Waals surface area contributed by atoms with Gasteiger partial charge < -0.3 is 21.4 Å². The van der Waals surface area contributed by atoms with Gasteiger partial charge in [0.15, 0.2) is 0 Å². The molecule has 25 heavy (non-hydrogen) atoms. The molecule has 2 amide bonds. The zero-order valence-corrected chi connectivity index (χ0v) is 14.3. The second kappa shape index (κ2) is 8.11. The smallest absolute Gasteiger partial charge is 0.243 e. The lowest BCUT2D eigenvalue weighted by Gasteiger charge is -2.26. The molecule has 2 saturated heterocycles. The standard InChI is InChI=1S/C18H25N5O2/c19-22-12-14-7-5-13(6-8-14)11-21-17(24)16-4-2-10-23(16)18(25)15-3-1-9-20-15/h5-8,12,15-16,20H,1-4,9-11,19H2,(H,21,24)/t15-,16-/m0/s1. The normalized spacial score (nSPS) is 23.3. The molecule has 2 aliphatic heterocycles. The van der Waals surface area contributed by atoms with Crippen LogP contribution in [0.15, 0.2) is 29.4 Å². The monoisotopic (exact) mass is 343 g/mol. The number of carbonyl (C=O) groups is 2. The molecule has 2 heterocycles. The number of hydrazone groups is 1. The highest BCUT2D eigenvalue weighted by Gasteiger charge is 2.37. The van der Waals surface area contributed by atoms with E-state index in [4.69, 9.17) is 5.84 Å². The summed E-state index contributed by atoms with van der Waals surface area (Å²) in [5, 5.41) is 9.66. The van der Waals surface area contributed by atoms with Crippen molar-refractivity contribution in [2.75, 3.05) is 13.1 Å². The largest absolute Gasteiger partial charge is 0.350 e. The van der Waals surface area contributed by atoms with E-state index in [1.54, 1.807) is 11.1 Å². The van der Waals surface area contributed by atoms with Crippen LogP contribution in [0.3, 0.4) is 0 Å². The minimum atomic E-state index is -0.349. The minimum Gasteiger partial charge on any atom is -0.350 e. The van der Waals surface area contributed by atoms with Crippen molar-refractivity contribution < 1.29 is 9.59 Å². The highest BCUT2D eigenvalue weighted by molar-refractivity contribution is 5.90. The van der Waals surface area contributed by atoms with Crippen LogP contribution in [0, 0.1) is 0 Å². The molecule has 4 N–H and O–H groups in total. The molecule has 2 fully saturated rings. The van der Waals surface area contributed by atoms with E-state index in [2.05, 4.69) is 15.7 Å². The number of nitrogens with two attached hydrogens (primary N) is 1. The maximum atomic E-state index is 12.6. The number of benzene rings is 1. The van der Waals surface area contributed by atoms with Crippen molar-refractivity contribution in [3.63, 3.8) is 0 Å². The molecule has 1 aromatic carbocycles. The molecule has 3 rings (SSSR count). The van der Waals surface area contributed by atoms with Crippen LogP contribution in [0.5, 0.6) is 0 Å². The topological polar surface area (TPSA) is 99.8 Å². The Balaban J connectivity index is 1.55. The number of likely N-dealkylation sites (tertiary alicyclic amines) is 1. The van der Waals surface area contributed by atoms with Crippen molar-refractivity contribution in [1.29, 1.82) is 0 Å². The molecule has 0 unspecified atom stereocenters. The van der Waals surface area contributed by atoms with Gasteiger partial charge in [0.1, 0.15) is 6.04 Å². The third-order valence-corrected chi connectivity index (χ3v) is 4.87. The molecule has 7 nitrogen and oxygen atoms in total. The van der Waals surface area contributed by atoms with Crippen molar-refractivity contribution in [2.45, 2.75) is 44.3 Å². The number of carbonyl (C=O) groups excluding carboxylic acids is 2. The average molecular weight is 343 g/mol. The first-order chi connectivity index (χ1) is 12.2. The number of nitrogens with one attached hydrogen (secondary N) is 2. The summed E-state index contributed by atoms with van der Waals surface area (Å²) in [6, 6.07) is 7.18. The van der Waals surface area contributed by atoms with Gasteiger partial charge in [-0.05, 0) is 43.4 Å². The summed E-state index contributed by atoms with van der Waals surface area (Å²) in [7, 11) is 0. The Kier molecular flexibility index (Phi) is 5.65. The van der Waals surface area contributed by atoms with Crippen LogP contribution >= 0.6 is 0 Å². The molecule has 0 spiro atoms. The number of rotatable bonds is 5. The third-order valence-electron chi connectivity index (χ3n) is 4.87. The summed E-state index contributed by atoms with van der Waals surface area (Å²) in [6.45, 7) is 1.99. The van der Waals surface area contributed by atoms with Crippen LogP contribution in [0.25, 0.3) is 0 Å². The van der Waals surface area contributed by atoms with Crippen molar-refractivity contribution in [3.05, 3.63) is 35.4 Å². The molecule has 0 aromatic heterocycles. The molecule has 2 atom stereocenters. The number of amides is 2. The van der Waals surface area contributed by atoms with Gasteiger partial charge >= 0.3 is 0 Å². The first-order valence-electron chi connectivity index (χ1n) is 8.83. The summed E-state index contributed by atoms with van der Waals surface area (Å²) in [4.78, 5) is 26.9. The predicted molar refractivity (Wildman–Crippen MR) is 95.8 cm³/mol. The number of hydrogen-bond acceptors (Lipinski definition) is 5. The second-order valence-corrected chi connectivity index (χ2v) is 6.58. The van der Waals surface area contributed by atoms with E-state index in [9.17, 15) is 9.59 Å².